The lowest BCUT2D eigenvalue weighted by Crippen LogP contribution is -2.30. The van der Waals surface area contributed by atoms with Crippen molar-refractivity contribution in [1.82, 2.24) is 20.1 Å². The number of aromatic nitrogens is 3. The first-order chi connectivity index (χ1) is 14.7. The molecule has 154 valence electrons. The molecular weight excluding hydrogens is 380 g/mol. The van der Waals surface area contributed by atoms with Gasteiger partial charge in [0.15, 0.2) is 11.5 Å². The number of amides is 1. The number of methoxy groups -OCH3 is 1. The van der Waals surface area contributed by atoms with Gasteiger partial charge in [0.2, 0.25) is 5.91 Å². The number of ether oxygens (including phenoxy) is 2. The van der Waals surface area contributed by atoms with Crippen LogP contribution in [-0.4, -0.2) is 34.4 Å². The van der Waals surface area contributed by atoms with E-state index in [0.717, 1.165) is 11.1 Å². The average molecular weight is 404 g/mol. The van der Waals surface area contributed by atoms with E-state index in [2.05, 4.69) is 22.0 Å². The van der Waals surface area contributed by atoms with E-state index in [-0.39, 0.29) is 11.9 Å². The third-order valence-electron chi connectivity index (χ3n) is 4.33. The Bertz CT molecular complexity index is 985. The van der Waals surface area contributed by atoms with Crippen molar-refractivity contribution in [2.24, 2.45) is 0 Å². The molecule has 3 aromatic rings. The minimum absolute atomic E-state index is 0.213. The van der Waals surface area contributed by atoms with E-state index < -0.39 is 0 Å². The van der Waals surface area contributed by atoms with E-state index >= 15 is 0 Å². The van der Waals surface area contributed by atoms with Crippen LogP contribution in [0.15, 0.2) is 79.9 Å². The molecule has 1 atom stereocenters. The summed E-state index contributed by atoms with van der Waals surface area (Å²) in [5.41, 5.74) is 1.81. The highest BCUT2D eigenvalue weighted by Crippen LogP contribution is 2.28. The molecule has 1 unspecified atom stereocenters. The van der Waals surface area contributed by atoms with Crippen LogP contribution < -0.4 is 14.8 Å². The van der Waals surface area contributed by atoms with Gasteiger partial charge in [-0.2, -0.15) is 5.10 Å². The van der Waals surface area contributed by atoms with Crippen molar-refractivity contribution in [2.45, 2.75) is 12.6 Å². The number of nitrogens with one attached hydrogen (secondary N) is 1. The van der Waals surface area contributed by atoms with Crippen molar-refractivity contribution in [2.75, 3.05) is 13.7 Å². The van der Waals surface area contributed by atoms with E-state index in [9.17, 15) is 4.79 Å². The molecule has 1 amide bonds. The number of nitrogens with zero attached hydrogens (tertiary/aromatic N) is 3. The fraction of sp³-hybridized carbons (Fsp3) is 0.174. The largest absolute Gasteiger partial charge is 0.493 e. The minimum Gasteiger partial charge on any atom is -0.493 e. The molecule has 1 heterocycles. The fourth-order valence-electron chi connectivity index (χ4n) is 2.88. The molecule has 7 nitrogen and oxygen atoms in total. The molecule has 0 aliphatic rings. The highest BCUT2D eigenvalue weighted by atomic mass is 16.5. The average Bonchev–Trinajstić information content (AvgIpc) is 3.30. The Hall–Kier alpha value is -3.87. The van der Waals surface area contributed by atoms with Crippen molar-refractivity contribution in [1.29, 1.82) is 0 Å². The summed E-state index contributed by atoms with van der Waals surface area (Å²) in [7, 11) is 1.57. The van der Waals surface area contributed by atoms with Crippen LogP contribution in [-0.2, 0) is 11.3 Å². The SMILES string of the molecule is C=CCOc1ccc(/C=C/C(=O)NC(Cn2cncn2)c2ccccc2)cc1OC. The quantitative estimate of drug-likeness (QED) is 0.414. The monoisotopic (exact) mass is 404 g/mol. The van der Waals surface area contributed by atoms with Gasteiger partial charge in [-0.25, -0.2) is 4.98 Å². The summed E-state index contributed by atoms with van der Waals surface area (Å²) in [5.74, 6) is 0.999. The molecule has 0 aliphatic carbocycles. The highest BCUT2D eigenvalue weighted by molar-refractivity contribution is 5.92. The summed E-state index contributed by atoms with van der Waals surface area (Å²) in [6, 6.07) is 15.0. The lowest BCUT2D eigenvalue weighted by Gasteiger charge is -2.18. The van der Waals surface area contributed by atoms with Crippen LogP contribution in [0, 0.1) is 0 Å². The summed E-state index contributed by atoms with van der Waals surface area (Å²) in [6.07, 6.45) is 7.99. The van der Waals surface area contributed by atoms with E-state index in [1.54, 1.807) is 36.3 Å². The van der Waals surface area contributed by atoms with Crippen LogP contribution in [0.25, 0.3) is 6.08 Å². The number of rotatable bonds is 10. The number of benzene rings is 2. The lowest BCUT2D eigenvalue weighted by atomic mass is 10.1. The second-order valence-electron chi connectivity index (χ2n) is 6.43. The Morgan fingerprint density at radius 2 is 2.07 bits per heavy atom. The van der Waals surface area contributed by atoms with Crippen LogP contribution in [0.1, 0.15) is 17.2 Å². The first kappa shape index (κ1) is 20.9. The second-order valence-corrected chi connectivity index (χ2v) is 6.43. The Labute approximate surface area is 175 Å². The molecule has 2 aromatic carbocycles. The van der Waals surface area contributed by atoms with Gasteiger partial charge in [-0.15, -0.1) is 0 Å². The third kappa shape index (κ3) is 5.81. The third-order valence-corrected chi connectivity index (χ3v) is 4.33. The summed E-state index contributed by atoms with van der Waals surface area (Å²) >= 11 is 0. The molecule has 7 heteroatoms. The first-order valence-electron chi connectivity index (χ1n) is 9.47. The van der Waals surface area contributed by atoms with Gasteiger partial charge >= 0.3 is 0 Å². The predicted molar refractivity (Wildman–Crippen MR) is 115 cm³/mol. The summed E-state index contributed by atoms with van der Waals surface area (Å²) < 4.78 is 12.6. The Morgan fingerprint density at radius 3 is 2.77 bits per heavy atom. The van der Waals surface area contributed by atoms with Gasteiger partial charge in [0.05, 0.1) is 19.7 Å². The summed E-state index contributed by atoms with van der Waals surface area (Å²) in [6.45, 7) is 4.50. The lowest BCUT2D eigenvalue weighted by molar-refractivity contribution is -0.117. The van der Waals surface area contributed by atoms with E-state index in [1.165, 1.54) is 12.4 Å². The predicted octanol–water partition coefficient (Wildman–Crippen LogP) is 3.42. The van der Waals surface area contributed by atoms with Gasteiger partial charge in [-0.1, -0.05) is 49.1 Å². The van der Waals surface area contributed by atoms with Crippen LogP contribution in [0.2, 0.25) is 0 Å². The molecule has 0 aliphatic heterocycles. The minimum atomic E-state index is -0.241. The fourth-order valence-corrected chi connectivity index (χ4v) is 2.88. The molecule has 0 fully saturated rings. The van der Waals surface area contributed by atoms with Crippen molar-refractivity contribution in [3.63, 3.8) is 0 Å². The molecule has 3 rings (SSSR count). The molecule has 0 saturated carbocycles. The van der Waals surface area contributed by atoms with Crippen LogP contribution in [0.4, 0.5) is 0 Å². The first-order valence-corrected chi connectivity index (χ1v) is 9.47. The number of hydrogen-bond donors (Lipinski definition) is 1. The van der Waals surface area contributed by atoms with Gasteiger partial charge < -0.3 is 14.8 Å². The van der Waals surface area contributed by atoms with Crippen LogP contribution in [0.3, 0.4) is 0 Å². The summed E-state index contributed by atoms with van der Waals surface area (Å²) in [4.78, 5) is 16.5. The zero-order valence-electron chi connectivity index (χ0n) is 16.8. The van der Waals surface area contributed by atoms with Gasteiger partial charge in [0, 0.05) is 6.08 Å². The molecule has 30 heavy (non-hydrogen) atoms. The van der Waals surface area contributed by atoms with Crippen molar-refractivity contribution in [3.05, 3.63) is 91.0 Å². The van der Waals surface area contributed by atoms with Crippen LogP contribution >= 0.6 is 0 Å². The smallest absolute Gasteiger partial charge is 0.244 e. The zero-order chi connectivity index (χ0) is 21.2. The van der Waals surface area contributed by atoms with Crippen molar-refractivity contribution >= 4 is 12.0 Å². The normalized spacial score (nSPS) is 11.8. The molecule has 0 spiro atoms. The van der Waals surface area contributed by atoms with Gasteiger partial charge in [-0.05, 0) is 29.3 Å². The van der Waals surface area contributed by atoms with Crippen molar-refractivity contribution < 1.29 is 14.3 Å². The zero-order valence-corrected chi connectivity index (χ0v) is 16.8. The van der Waals surface area contributed by atoms with Crippen molar-refractivity contribution in [3.8, 4) is 11.5 Å². The molecular formula is C23H24N4O3. The van der Waals surface area contributed by atoms with Gasteiger partial charge in [0.1, 0.15) is 19.3 Å². The summed E-state index contributed by atoms with van der Waals surface area (Å²) in [5, 5.41) is 7.16. The van der Waals surface area contributed by atoms with Gasteiger partial charge in [0.25, 0.3) is 0 Å². The number of hydrogen-bond acceptors (Lipinski definition) is 5. The Kier molecular flexibility index (Phi) is 7.38. The Morgan fingerprint density at radius 1 is 1.23 bits per heavy atom. The van der Waals surface area contributed by atoms with E-state index in [1.807, 2.05) is 42.5 Å². The van der Waals surface area contributed by atoms with Gasteiger partial charge in [-0.3, -0.25) is 9.48 Å². The second kappa shape index (κ2) is 10.6. The molecule has 0 bridgehead atoms. The maximum Gasteiger partial charge on any atom is 0.244 e. The topological polar surface area (TPSA) is 78.3 Å². The highest BCUT2D eigenvalue weighted by Gasteiger charge is 2.14. The number of carbonyl (C=O) groups is 1. The number of carbonyl (C=O) groups excluding carboxylic acids is 1. The molecule has 0 saturated heterocycles. The molecule has 0 radical (unpaired) electrons. The van der Waals surface area contributed by atoms with E-state index in [4.69, 9.17) is 9.47 Å². The maximum atomic E-state index is 12.6. The molecule has 1 aromatic heterocycles. The molecule has 1 N–H and O–H groups in total. The van der Waals surface area contributed by atoms with E-state index in [0.29, 0.717) is 24.7 Å². The standard InChI is InChI=1S/C23H24N4O3/c1-3-13-30-21-11-9-18(14-22(21)29-2)10-12-23(28)26-20(15-27-17-24-16-25-27)19-7-5-4-6-8-19/h3-12,14,16-17,20H,1,13,15H2,2H3,(H,26,28)/b12-10+. The maximum absolute atomic E-state index is 12.6. The Balaban J connectivity index is 1.70. The van der Waals surface area contributed by atoms with Crippen LogP contribution in [0.5, 0.6) is 11.5 Å².